The topological polar surface area (TPSA) is 92.8 Å². The van der Waals surface area contributed by atoms with E-state index < -0.39 is 6.04 Å². The molecule has 170 valence electrons. The molecule has 5 aromatic rings. The van der Waals surface area contributed by atoms with Crippen molar-refractivity contribution in [3.63, 3.8) is 0 Å². The molecule has 6 rings (SSSR count). The van der Waals surface area contributed by atoms with Crippen molar-refractivity contribution in [3.8, 4) is 0 Å². The lowest BCUT2D eigenvalue weighted by molar-refractivity contribution is 0.463. The summed E-state index contributed by atoms with van der Waals surface area (Å²) in [5.74, 6) is 1.34. The summed E-state index contributed by atoms with van der Waals surface area (Å²) < 4.78 is 7.25. The summed E-state index contributed by atoms with van der Waals surface area (Å²) in [6.45, 7) is 5.28. The van der Waals surface area contributed by atoms with Crippen LogP contribution in [-0.2, 0) is 13.0 Å². The van der Waals surface area contributed by atoms with Gasteiger partial charge < -0.3 is 14.3 Å². The van der Waals surface area contributed by atoms with Gasteiger partial charge in [-0.05, 0) is 89.2 Å². The number of benzene rings is 2. The van der Waals surface area contributed by atoms with Crippen LogP contribution in [0.15, 0.2) is 70.1 Å². The first-order chi connectivity index (χ1) is 16.6. The zero-order valence-electron chi connectivity index (χ0n) is 19.0. The molecular formula is C26H24N6O2. The van der Waals surface area contributed by atoms with Crippen LogP contribution in [0.5, 0.6) is 0 Å². The molecule has 0 fully saturated rings. The minimum Gasteiger partial charge on any atom is -0.467 e. The molecule has 0 aliphatic carbocycles. The van der Waals surface area contributed by atoms with Gasteiger partial charge in [-0.25, -0.2) is 4.68 Å². The molecule has 0 unspecified atom stereocenters. The monoisotopic (exact) mass is 452 g/mol. The van der Waals surface area contributed by atoms with E-state index in [1.807, 2.05) is 43.3 Å². The molecule has 0 radical (unpaired) electrons. The third-order valence-corrected chi connectivity index (χ3v) is 6.71. The van der Waals surface area contributed by atoms with Gasteiger partial charge in [-0.15, -0.1) is 5.10 Å². The number of fused-ring (bicyclic) bond motifs is 2. The first-order valence-corrected chi connectivity index (χ1v) is 11.4. The molecule has 34 heavy (non-hydrogen) atoms. The van der Waals surface area contributed by atoms with E-state index in [1.54, 1.807) is 10.9 Å². The maximum absolute atomic E-state index is 13.5. The number of nitrogens with zero attached hydrogens (tertiary/aromatic N) is 5. The first kappa shape index (κ1) is 20.4. The number of hydrogen-bond donors (Lipinski definition) is 1. The molecule has 3 aromatic heterocycles. The molecule has 1 N–H and O–H groups in total. The fourth-order valence-corrected chi connectivity index (χ4v) is 4.85. The molecule has 0 bridgehead atoms. The van der Waals surface area contributed by atoms with Gasteiger partial charge in [0.1, 0.15) is 18.3 Å². The molecule has 1 aliphatic heterocycles. The third kappa shape index (κ3) is 3.39. The second-order valence-corrected chi connectivity index (χ2v) is 8.83. The number of anilines is 1. The van der Waals surface area contributed by atoms with Crippen LogP contribution in [-0.4, -0.2) is 31.7 Å². The number of pyridine rings is 1. The maximum atomic E-state index is 13.5. The predicted molar refractivity (Wildman–Crippen MR) is 129 cm³/mol. The van der Waals surface area contributed by atoms with E-state index in [9.17, 15) is 4.79 Å². The van der Waals surface area contributed by atoms with E-state index in [0.29, 0.717) is 17.9 Å². The quantitative estimate of drug-likeness (QED) is 0.434. The summed E-state index contributed by atoms with van der Waals surface area (Å²) in [7, 11) is 0. The number of para-hydroxylation sites is 1. The average Bonchev–Trinajstić information content (AvgIpc) is 3.59. The van der Waals surface area contributed by atoms with Crippen molar-refractivity contribution in [1.29, 1.82) is 0 Å². The minimum atomic E-state index is -0.455. The summed E-state index contributed by atoms with van der Waals surface area (Å²) in [5, 5.41) is 13.6. The molecule has 1 atom stereocenters. The molecule has 0 spiro atoms. The van der Waals surface area contributed by atoms with Crippen molar-refractivity contribution in [3.05, 3.63) is 105 Å². The van der Waals surface area contributed by atoms with Crippen molar-refractivity contribution >= 4 is 16.6 Å². The van der Waals surface area contributed by atoms with E-state index in [-0.39, 0.29) is 5.56 Å². The van der Waals surface area contributed by atoms with Crippen molar-refractivity contribution < 1.29 is 4.42 Å². The fraction of sp³-hybridized carbons (Fsp3) is 0.231. The number of rotatable bonds is 5. The Balaban J connectivity index is 1.55. The van der Waals surface area contributed by atoms with Crippen LogP contribution in [0.3, 0.4) is 0 Å². The summed E-state index contributed by atoms with van der Waals surface area (Å²) in [6.07, 6.45) is 2.53. The lowest BCUT2D eigenvalue weighted by atomic mass is 10.0. The van der Waals surface area contributed by atoms with Crippen LogP contribution >= 0.6 is 0 Å². The first-order valence-electron chi connectivity index (χ1n) is 11.4. The average molecular weight is 453 g/mol. The zero-order chi connectivity index (χ0) is 23.2. The smallest absolute Gasteiger partial charge is 0.254 e. The van der Waals surface area contributed by atoms with E-state index in [2.05, 4.69) is 50.5 Å². The Morgan fingerprint density at radius 1 is 1.09 bits per heavy atom. The van der Waals surface area contributed by atoms with E-state index in [0.717, 1.165) is 40.9 Å². The molecule has 0 saturated heterocycles. The van der Waals surface area contributed by atoms with Crippen LogP contribution in [0.2, 0.25) is 0 Å². The van der Waals surface area contributed by atoms with Crippen molar-refractivity contribution in [2.45, 2.75) is 32.9 Å². The summed E-state index contributed by atoms with van der Waals surface area (Å²) in [6, 6.07) is 17.7. The second kappa shape index (κ2) is 7.98. The SMILES string of the molecule is Cc1cc2cc([C@H](c3nnnn3Cc3ccco3)N3CCc4ccccc43)c(=O)[nH]c2cc1C. The second-order valence-electron chi connectivity index (χ2n) is 8.83. The highest BCUT2D eigenvalue weighted by Crippen LogP contribution is 2.37. The van der Waals surface area contributed by atoms with Crippen LogP contribution in [0.4, 0.5) is 5.69 Å². The lowest BCUT2D eigenvalue weighted by Crippen LogP contribution is -2.34. The van der Waals surface area contributed by atoms with Gasteiger partial charge in [-0.2, -0.15) is 0 Å². The molecular weight excluding hydrogens is 428 g/mol. The number of aromatic nitrogens is 5. The van der Waals surface area contributed by atoms with E-state index in [1.165, 1.54) is 11.1 Å². The standard InChI is InChI=1S/C26H24N6O2/c1-16-12-19-14-21(26(33)27-22(19)13-17(16)2)24(31-10-9-18-6-3-4-8-23(18)31)25-28-29-30-32(25)15-20-7-5-11-34-20/h3-8,11-14,24H,9-10,15H2,1-2H3,(H,27,33)/t24-/m1/s1. The van der Waals surface area contributed by atoms with Gasteiger partial charge in [-0.3, -0.25) is 4.79 Å². The number of nitrogens with one attached hydrogen (secondary N) is 1. The maximum Gasteiger partial charge on any atom is 0.254 e. The number of furan rings is 1. The fourth-order valence-electron chi connectivity index (χ4n) is 4.85. The molecule has 4 heterocycles. The van der Waals surface area contributed by atoms with Crippen molar-refractivity contribution in [2.75, 3.05) is 11.4 Å². The van der Waals surface area contributed by atoms with Gasteiger partial charge >= 0.3 is 0 Å². The van der Waals surface area contributed by atoms with Gasteiger partial charge in [0.15, 0.2) is 5.82 Å². The van der Waals surface area contributed by atoms with Gasteiger partial charge in [-0.1, -0.05) is 18.2 Å². The molecule has 8 nitrogen and oxygen atoms in total. The predicted octanol–water partition coefficient (Wildman–Crippen LogP) is 3.92. The molecule has 2 aromatic carbocycles. The Morgan fingerprint density at radius 3 is 2.79 bits per heavy atom. The molecule has 0 saturated carbocycles. The highest BCUT2D eigenvalue weighted by atomic mass is 16.3. The zero-order valence-corrected chi connectivity index (χ0v) is 19.0. The van der Waals surface area contributed by atoms with Crippen LogP contribution < -0.4 is 10.5 Å². The van der Waals surface area contributed by atoms with Crippen LogP contribution in [0.1, 0.15) is 39.9 Å². The number of tetrazole rings is 1. The van der Waals surface area contributed by atoms with Gasteiger partial charge in [0.2, 0.25) is 0 Å². The number of hydrogen-bond acceptors (Lipinski definition) is 6. The Morgan fingerprint density at radius 2 is 1.94 bits per heavy atom. The Labute approximate surface area is 195 Å². The summed E-state index contributed by atoms with van der Waals surface area (Å²) in [5.41, 5.74) is 5.97. The van der Waals surface area contributed by atoms with E-state index >= 15 is 0 Å². The lowest BCUT2D eigenvalue weighted by Gasteiger charge is -2.29. The Hall–Kier alpha value is -4.20. The van der Waals surface area contributed by atoms with Crippen LogP contribution in [0, 0.1) is 13.8 Å². The van der Waals surface area contributed by atoms with Crippen molar-refractivity contribution in [2.24, 2.45) is 0 Å². The Kier molecular flexibility index (Phi) is 4.79. The van der Waals surface area contributed by atoms with E-state index in [4.69, 9.17) is 4.42 Å². The third-order valence-electron chi connectivity index (χ3n) is 6.71. The number of aromatic amines is 1. The number of aryl methyl sites for hydroxylation is 2. The van der Waals surface area contributed by atoms with Gasteiger partial charge in [0.25, 0.3) is 5.56 Å². The molecule has 1 aliphatic rings. The summed E-state index contributed by atoms with van der Waals surface area (Å²) in [4.78, 5) is 18.8. The van der Waals surface area contributed by atoms with Crippen molar-refractivity contribution in [1.82, 2.24) is 25.2 Å². The summed E-state index contributed by atoms with van der Waals surface area (Å²) >= 11 is 0. The highest BCUT2D eigenvalue weighted by Gasteiger charge is 2.34. The van der Waals surface area contributed by atoms with Gasteiger partial charge in [0, 0.05) is 23.3 Å². The largest absolute Gasteiger partial charge is 0.467 e. The minimum absolute atomic E-state index is 0.141. The molecule has 0 amide bonds. The molecule has 8 heteroatoms. The number of H-pyrrole nitrogens is 1. The normalized spacial score (nSPS) is 14.0. The van der Waals surface area contributed by atoms with Crippen LogP contribution in [0.25, 0.3) is 10.9 Å². The highest BCUT2D eigenvalue weighted by molar-refractivity contribution is 5.81. The Bertz CT molecular complexity index is 1550. The van der Waals surface area contributed by atoms with Gasteiger partial charge in [0.05, 0.1) is 6.26 Å².